The number of carbonyl (C=O) groups is 1. The van der Waals surface area contributed by atoms with Crippen molar-refractivity contribution in [2.75, 3.05) is 33.1 Å². The van der Waals surface area contributed by atoms with Crippen LogP contribution in [0.2, 0.25) is 0 Å². The second kappa shape index (κ2) is 9.60. The van der Waals surface area contributed by atoms with Crippen LogP contribution in [-0.4, -0.2) is 39.8 Å². The average Bonchev–Trinajstić information content (AvgIpc) is 2.71. The van der Waals surface area contributed by atoms with Gasteiger partial charge >= 0.3 is 0 Å². The topological polar surface area (TPSA) is 75.8 Å². The van der Waals surface area contributed by atoms with Gasteiger partial charge in [0.2, 0.25) is 0 Å². The molecule has 6 nitrogen and oxygen atoms in total. The highest BCUT2D eigenvalue weighted by molar-refractivity contribution is 5.93. The molecule has 0 aliphatic carbocycles. The van der Waals surface area contributed by atoms with Crippen LogP contribution in [0.5, 0.6) is 11.5 Å². The average molecular weight is 368 g/mol. The molecule has 0 bridgehead atoms. The van der Waals surface area contributed by atoms with Crippen LogP contribution in [0.4, 0.5) is 5.69 Å². The fraction of sp³-hybridized carbons (Fsp3) is 0.333. The Balaban J connectivity index is 1.93. The zero-order chi connectivity index (χ0) is 19.8. The van der Waals surface area contributed by atoms with E-state index in [1.807, 2.05) is 32.2 Å². The highest BCUT2D eigenvalue weighted by Gasteiger charge is 2.22. The Labute approximate surface area is 160 Å². The molecule has 0 aromatic heterocycles. The number of amides is 1. The van der Waals surface area contributed by atoms with Crippen molar-refractivity contribution in [3.05, 3.63) is 53.6 Å². The second-order valence-electron chi connectivity index (χ2n) is 6.44. The van der Waals surface area contributed by atoms with E-state index in [1.165, 1.54) is 0 Å². The molecule has 2 aromatic rings. The molecule has 6 heteroatoms. The molecular weight excluding hydrogens is 342 g/mol. The van der Waals surface area contributed by atoms with Crippen LogP contribution >= 0.6 is 0 Å². The van der Waals surface area contributed by atoms with Gasteiger partial charge in [-0.25, -0.2) is 0 Å². The fourth-order valence-electron chi connectivity index (χ4n) is 2.73. The van der Waals surface area contributed by atoms with Crippen molar-refractivity contribution in [3.8, 4) is 17.6 Å². The van der Waals surface area contributed by atoms with Crippen molar-refractivity contribution in [1.29, 1.82) is 5.26 Å². The first kappa shape index (κ1) is 20.3. The van der Waals surface area contributed by atoms with Gasteiger partial charge in [0.1, 0.15) is 0 Å². The molecule has 2 atom stereocenters. The number of ether oxygens (including phenoxy) is 2. The summed E-state index contributed by atoms with van der Waals surface area (Å²) in [7, 11) is 5.23. The number of anilines is 1. The summed E-state index contributed by atoms with van der Waals surface area (Å²) in [4.78, 5) is 13.6. The van der Waals surface area contributed by atoms with Gasteiger partial charge in [-0.05, 0) is 42.8 Å². The quantitative estimate of drug-likeness (QED) is 0.743. The van der Waals surface area contributed by atoms with Crippen molar-refractivity contribution < 1.29 is 19.2 Å². The molecule has 1 amide bonds. The second-order valence-corrected chi connectivity index (χ2v) is 6.44. The van der Waals surface area contributed by atoms with Gasteiger partial charge in [-0.2, -0.15) is 5.26 Å². The van der Waals surface area contributed by atoms with Gasteiger partial charge in [0.15, 0.2) is 17.5 Å². The molecule has 0 fully saturated rings. The van der Waals surface area contributed by atoms with Crippen molar-refractivity contribution in [2.24, 2.45) is 0 Å². The zero-order valence-electron chi connectivity index (χ0n) is 16.2. The number of nitrogens with one attached hydrogen (secondary N) is 2. The maximum Gasteiger partial charge on any atom is 0.282 e. The van der Waals surface area contributed by atoms with E-state index in [1.54, 1.807) is 38.5 Å². The summed E-state index contributed by atoms with van der Waals surface area (Å²) in [6.45, 7) is 2.69. The van der Waals surface area contributed by atoms with E-state index in [9.17, 15) is 4.79 Å². The molecule has 27 heavy (non-hydrogen) atoms. The predicted octanol–water partition coefficient (Wildman–Crippen LogP) is 1.66. The smallest absolute Gasteiger partial charge is 0.282 e. The fourth-order valence-corrected chi connectivity index (χ4v) is 2.73. The van der Waals surface area contributed by atoms with Crippen molar-refractivity contribution in [2.45, 2.75) is 19.4 Å². The van der Waals surface area contributed by atoms with Crippen LogP contribution < -0.4 is 19.7 Å². The van der Waals surface area contributed by atoms with E-state index >= 15 is 0 Å². The molecule has 1 unspecified atom stereocenters. The first-order chi connectivity index (χ1) is 13.0. The summed E-state index contributed by atoms with van der Waals surface area (Å²) in [5, 5.41) is 11.8. The number of nitrogens with zero attached hydrogens (tertiary/aromatic N) is 1. The monoisotopic (exact) mass is 368 g/mol. The molecule has 0 aliphatic heterocycles. The minimum atomic E-state index is -0.226. The van der Waals surface area contributed by atoms with E-state index < -0.39 is 0 Å². The van der Waals surface area contributed by atoms with Crippen LogP contribution in [0.25, 0.3) is 0 Å². The number of hydrogen-bond donors (Lipinski definition) is 2. The minimum absolute atomic E-state index is 0.0742. The Kier molecular flexibility index (Phi) is 7.21. The Morgan fingerprint density at radius 3 is 2.59 bits per heavy atom. The summed E-state index contributed by atoms with van der Waals surface area (Å²) < 4.78 is 10.6. The first-order valence-corrected chi connectivity index (χ1v) is 8.82. The lowest BCUT2D eigenvalue weighted by Crippen LogP contribution is -3.14. The van der Waals surface area contributed by atoms with Crippen LogP contribution in [-0.2, 0) is 11.2 Å². The molecule has 2 N–H and O–H groups in total. The standard InChI is InChI=1S/C21H25N3O3/c1-15(21(25)23-18-7-5-6-17(12-18)14-22)24(2)11-10-16-8-9-19(26-3)20(13-16)27-4/h5-9,12-13,15H,10-11H2,1-4H3,(H,23,25)/p+1/t15-/m1/s1. The number of rotatable bonds is 8. The van der Waals surface area contributed by atoms with Crippen LogP contribution in [0.1, 0.15) is 18.1 Å². The number of methoxy groups -OCH3 is 2. The van der Waals surface area contributed by atoms with E-state index in [4.69, 9.17) is 14.7 Å². The minimum Gasteiger partial charge on any atom is -0.493 e. The van der Waals surface area contributed by atoms with Gasteiger partial charge in [-0.1, -0.05) is 12.1 Å². The molecular formula is C21H26N3O3+. The Morgan fingerprint density at radius 2 is 1.93 bits per heavy atom. The number of benzene rings is 2. The lowest BCUT2D eigenvalue weighted by molar-refractivity contribution is -0.893. The van der Waals surface area contributed by atoms with Gasteiger partial charge < -0.3 is 19.7 Å². The third-order valence-electron chi connectivity index (χ3n) is 4.65. The molecule has 2 rings (SSSR count). The zero-order valence-corrected chi connectivity index (χ0v) is 16.2. The lowest BCUT2D eigenvalue weighted by atomic mass is 10.1. The van der Waals surface area contributed by atoms with Crippen LogP contribution in [0, 0.1) is 11.3 Å². The highest BCUT2D eigenvalue weighted by atomic mass is 16.5. The van der Waals surface area contributed by atoms with Crippen molar-refractivity contribution in [1.82, 2.24) is 0 Å². The number of carbonyl (C=O) groups excluding carboxylic acids is 1. The molecule has 0 aliphatic rings. The van der Waals surface area contributed by atoms with Crippen LogP contribution in [0.15, 0.2) is 42.5 Å². The third kappa shape index (κ3) is 5.47. The van der Waals surface area contributed by atoms with Gasteiger partial charge in [-0.3, -0.25) is 4.79 Å². The Morgan fingerprint density at radius 1 is 1.19 bits per heavy atom. The van der Waals surface area contributed by atoms with E-state index in [0.717, 1.165) is 23.4 Å². The normalized spacial score (nSPS) is 12.6. The van der Waals surface area contributed by atoms with Crippen molar-refractivity contribution in [3.63, 3.8) is 0 Å². The summed E-state index contributed by atoms with van der Waals surface area (Å²) in [6, 6.07) is 14.6. The number of hydrogen-bond acceptors (Lipinski definition) is 4. The SMILES string of the molecule is COc1ccc(CC[NH+](C)[C@H](C)C(=O)Nc2cccc(C#N)c2)cc1OC. The maximum atomic E-state index is 12.5. The highest BCUT2D eigenvalue weighted by Crippen LogP contribution is 2.27. The maximum absolute atomic E-state index is 12.5. The van der Waals surface area contributed by atoms with E-state index in [2.05, 4.69) is 11.4 Å². The predicted molar refractivity (Wildman–Crippen MR) is 104 cm³/mol. The number of quaternary nitrogens is 1. The Bertz CT molecular complexity index is 830. The summed E-state index contributed by atoms with van der Waals surface area (Å²) in [5.41, 5.74) is 2.29. The molecule has 0 spiro atoms. The lowest BCUT2D eigenvalue weighted by Gasteiger charge is -2.21. The largest absolute Gasteiger partial charge is 0.493 e. The summed E-state index contributed by atoms with van der Waals surface area (Å²) in [6.07, 6.45) is 0.813. The molecule has 0 saturated carbocycles. The third-order valence-corrected chi connectivity index (χ3v) is 4.65. The summed E-state index contributed by atoms with van der Waals surface area (Å²) in [5.74, 6) is 1.33. The van der Waals surface area contributed by atoms with Gasteiger partial charge in [0.25, 0.3) is 5.91 Å². The van der Waals surface area contributed by atoms with E-state index in [-0.39, 0.29) is 11.9 Å². The number of nitriles is 1. The molecule has 2 aromatic carbocycles. The Hall–Kier alpha value is -3.04. The van der Waals surface area contributed by atoms with E-state index in [0.29, 0.717) is 22.7 Å². The van der Waals surface area contributed by atoms with Crippen molar-refractivity contribution >= 4 is 11.6 Å². The molecule has 0 saturated heterocycles. The van der Waals surface area contributed by atoms with Crippen LogP contribution in [0.3, 0.4) is 0 Å². The van der Waals surface area contributed by atoms with Gasteiger partial charge in [0.05, 0.1) is 39.4 Å². The summed E-state index contributed by atoms with van der Waals surface area (Å²) >= 11 is 0. The molecule has 0 heterocycles. The molecule has 142 valence electrons. The van der Waals surface area contributed by atoms with Gasteiger partial charge in [-0.15, -0.1) is 0 Å². The van der Waals surface area contributed by atoms with Gasteiger partial charge in [0, 0.05) is 12.1 Å². The number of likely N-dealkylation sites (N-methyl/N-ethyl adjacent to an activating group) is 1. The first-order valence-electron chi connectivity index (χ1n) is 8.82. The molecule has 0 radical (unpaired) electrons.